The number of phenolic OH excluding ortho intramolecular Hbond substituents is 4. The fourth-order valence-corrected chi connectivity index (χ4v) is 15.9. The minimum Gasteiger partial charge on any atom is -0.508 e. The molecule has 1 fully saturated rings. The molecule has 138 heavy (non-hydrogen) atoms. The van der Waals surface area contributed by atoms with Crippen LogP contribution in [0.15, 0.2) is 84.4 Å². The number of phenols is 4. The van der Waals surface area contributed by atoms with Gasteiger partial charge in [-0.15, -0.1) is 0 Å². The molecule has 3 aliphatic rings. The Bertz CT molecular complexity index is 5240. The maximum atomic E-state index is 15.1. The van der Waals surface area contributed by atoms with E-state index in [1.165, 1.54) is 107 Å². The van der Waals surface area contributed by atoms with Gasteiger partial charge in [-0.3, -0.25) is 73.1 Å². The Morgan fingerprint density at radius 2 is 1.09 bits per heavy atom. The first-order valence-electron chi connectivity index (χ1n) is 45.0. The summed E-state index contributed by atoms with van der Waals surface area (Å²) in [6.07, 6.45) is -6.27. The Morgan fingerprint density at radius 1 is 0.601 bits per heavy atom. The molecule has 0 unspecified atom stereocenters. The number of benzene rings is 4. The van der Waals surface area contributed by atoms with Gasteiger partial charge in [-0.2, -0.15) is 0 Å². The molecule has 1 aliphatic heterocycles. The predicted molar refractivity (Wildman–Crippen MR) is 494 cm³/mol. The van der Waals surface area contributed by atoms with Crippen LogP contribution in [0.5, 0.6) is 28.7 Å². The highest BCUT2D eigenvalue weighted by Crippen LogP contribution is 2.53. The average molecular weight is 1930 g/mol. The number of oxime groups is 1. The van der Waals surface area contributed by atoms with Crippen LogP contribution in [0.2, 0.25) is 0 Å². The summed E-state index contributed by atoms with van der Waals surface area (Å²) in [6.45, 7) is 13.4. The van der Waals surface area contributed by atoms with Crippen LogP contribution in [0.1, 0.15) is 186 Å². The van der Waals surface area contributed by atoms with Gasteiger partial charge in [-0.05, 0) is 125 Å². The van der Waals surface area contributed by atoms with Crippen LogP contribution < -0.4 is 91.1 Å². The van der Waals surface area contributed by atoms with E-state index in [1.54, 1.807) is 41.5 Å². The summed E-state index contributed by atoms with van der Waals surface area (Å²) in [5.74, 6) is -18.0. The van der Waals surface area contributed by atoms with E-state index < -0.39 is 252 Å². The highest BCUT2D eigenvalue weighted by atomic mass is 16.7. The largest absolute Gasteiger partial charge is 0.508 e. The molecule has 0 bridgehead atoms. The Balaban J connectivity index is 0.986. The number of H-pyrrole nitrogens is 1. The lowest BCUT2D eigenvalue weighted by Gasteiger charge is -2.42. The molecule has 0 radical (unpaired) electrons. The summed E-state index contributed by atoms with van der Waals surface area (Å²) >= 11 is 0. The summed E-state index contributed by atoms with van der Waals surface area (Å²) in [5.41, 5.74) is 14.2. The maximum absolute atomic E-state index is 15.1. The second kappa shape index (κ2) is 50.1. The van der Waals surface area contributed by atoms with E-state index >= 15 is 14.4 Å². The molecule has 752 valence electrons. The van der Waals surface area contributed by atoms with E-state index in [0.29, 0.717) is 16.8 Å². The first-order valence-corrected chi connectivity index (χ1v) is 45.0. The van der Waals surface area contributed by atoms with Crippen LogP contribution in [-0.2, 0) is 97.5 Å². The molecule has 17 atom stereocenters. The van der Waals surface area contributed by atoms with Crippen molar-refractivity contribution in [2.24, 2.45) is 40.1 Å². The third-order valence-electron chi connectivity index (χ3n) is 23.3. The molecule has 4 aromatic carbocycles. The van der Waals surface area contributed by atoms with Gasteiger partial charge < -0.3 is 151 Å². The van der Waals surface area contributed by atoms with E-state index in [1.807, 2.05) is 0 Å². The summed E-state index contributed by atoms with van der Waals surface area (Å²) in [5, 5.41) is 140. The number of hydrogen-bond donors (Lipinski definition) is 27. The van der Waals surface area contributed by atoms with Crippen LogP contribution in [0, 0.1) is 28.6 Å². The van der Waals surface area contributed by atoms with Crippen molar-refractivity contribution >= 4 is 100 Å². The van der Waals surface area contributed by atoms with Gasteiger partial charge in [0.15, 0.2) is 36.6 Å². The molecular weight excluding hydrogens is 1800 g/mol. The number of imidazole rings is 1. The number of rotatable bonds is 49. The van der Waals surface area contributed by atoms with Gasteiger partial charge >= 0.3 is 5.97 Å². The second-order valence-electron chi connectivity index (χ2n) is 35.6. The number of carbonyl (C=O) groups excluding carboxylic acids is 13. The number of nitrogens with two attached hydrogens (primary N) is 3. The molecular formula is C91H127N21O26. The number of carbonyl (C=O) groups is 14. The number of ether oxygens (including phenoxy) is 3. The van der Waals surface area contributed by atoms with Crippen molar-refractivity contribution in [3.05, 3.63) is 129 Å². The maximum Gasteiger partial charge on any atom is 0.328 e. The van der Waals surface area contributed by atoms with Crippen molar-refractivity contribution in [3.63, 3.8) is 0 Å². The van der Waals surface area contributed by atoms with Crippen LogP contribution in [-0.4, -0.2) is 281 Å². The molecule has 30 N–H and O–H groups in total. The van der Waals surface area contributed by atoms with E-state index in [-0.39, 0.29) is 134 Å². The fraction of sp³-hybridized carbons (Fsp3) is 0.516. The topological polar surface area (TPSA) is 761 Å². The number of aliphatic hydroxyl groups is 3. The van der Waals surface area contributed by atoms with E-state index in [2.05, 4.69) is 84.2 Å². The number of fused-ring (bicyclic) bond motifs is 3. The number of guanidine groups is 2. The molecule has 47 nitrogen and oxygen atoms in total. The first-order chi connectivity index (χ1) is 65.1. The second-order valence-corrected chi connectivity index (χ2v) is 35.6. The van der Waals surface area contributed by atoms with Crippen molar-refractivity contribution in [3.8, 4) is 28.7 Å². The zero-order chi connectivity index (χ0) is 102. The average Bonchev–Trinajstić information content (AvgIpc) is 0.761. The molecule has 2 heterocycles. The van der Waals surface area contributed by atoms with Gasteiger partial charge in [-0.1, -0.05) is 83.1 Å². The number of nitrogens with zero attached hydrogens (tertiary/aromatic N) is 2. The third-order valence-corrected chi connectivity index (χ3v) is 23.3. The molecule has 1 saturated heterocycles. The number of amides is 11. The Kier molecular flexibility index (Phi) is 39.6. The van der Waals surface area contributed by atoms with E-state index in [4.69, 9.17) is 47.1 Å². The van der Waals surface area contributed by atoms with Crippen molar-refractivity contribution in [2.75, 3.05) is 33.4 Å². The molecule has 5 aromatic rings. The number of aromatic nitrogens is 2. The Hall–Kier alpha value is -14.2. The number of carboxylic acids is 1. The normalized spacial score (nSPS) is 19.1. The number of nitrogens with one attached hydrogen (secondary N) is 16. The van der Waals surface area contributed by atoms with Crippen molar-refractivity contribution in [1.29, 1.82) is 10.8 Å². The van der Waals surface area contributed by atoms with Crippen molar-refractivity contribution in [2.45, 2.75) is 249 Å². The van der Waals surface area contributed by atoms with Gasteiger partial charge in [0.1, 0.15) is 88.7 Å². The number of ketones is 2. The van der Waals surface area contributed by atoms with E-state index in [9.17, 15) is 93.6 Å². The molecule has 11 amide bonds. The first kappa shape index (κ1) is 109. The zero-order valence-corrected chi connectivity index (χ0v) is 78.3. The van der Waals surface area contributed by atoms with Crippen LogP contribution >= 0.6 is 0 Å². The molecule has 0 spiro atoms. The Morgan fingerprint density at radius 3 is 1.62 bits per heavy atom. The van der Waals surface area contributed by atoms with Gasteiger partial charge in [0.2, 0.25) is 64.9 Å². The smallest absolute Gasteiger partial charge is 0.328 e. The lowest BCUT2D eigenvalue weighted by Crippen LogP contribution is -2.61. The standard InChI is InChI=1S/C91H127N21O26/c1-41(2)29-58(80(124)100-38-65(116)103-60(31-48-19-23-51(114)24-20-48)83(127)102-44(7)79(123)111-73(45(8)113)88(132)133)107-85(129)62(33-50-37-97-40-101-50)109-87(131)72(43(5)6)110-86(130)61(32-49-21-25-52(115)26-22-49)108-82(126)57(17-14-28-99-90(95)96)105-81(125)56(16-13-27-98-89(93)94)106-84(128)59(30-42(3)4)104-66(117)39-136-112-47(10)91(134)35-54-69(64(36-91)138-67-34-55(92)74(118)46(9)137-67)78(122)71-70(76(54)120)75(119)53-15-12-18-63(135-11)68(53)77(71)121/h12,15,18-26,37,40-46,55-62,64,67,72-74,113-115,118,120,122,134H,13-14,16-17,27-36,38-39,92H2,1-11H3,(H,97,101)(H,100,124)(H,102,127)(H,103,116)(H,104,117)(H,105,125)(H,106,128)(H,107,129)(H,108,126)(H,109,131)(H,110,130)(H,111,123)(H,132,133)(H4,93,94,98)(H4,95,96,99)/b112-47+/t44-,45+,46-,55-,56-,57-,58-,59-,60-,61-,62-,64-,67-,72-,73-,74+,91-/m0/s1. The highest BCUT2D eigenvalue weighted by molar-refractivity contribution is 6.31. The van der Waals surface area contributed by atoms with Gasteiger partial charge in [0, 0.05) is 86.2 Å². The third kappa shape index (κ3) is 30.4. The van der Waals surface area contributed by atoms with Crippen LogP contribution in [0.4, 0.5) is 0 Å². The predicted octanol–water partition coefficient (Wildman–Crippen LogP) is -2.58. The summed E-state index contributed by atoms with van der Waals surface area (Å²) < 4.78 is 17.8. The SMILES string of the molecule is COc1cccc2c1C(=O)c1c(O)c3c(c(O)c1C2=O)C[C@@](O)(/C(C)=N/OCC(=O)N[C@@H](CC(C)C)C(=O)N[C@@H](CCCNC(=N)N)C(=O)N[C@@H](CCCNC(=N)N)C(=O)N[C@@H](Cc1ccc(O)cc1)C(=O)N[C@H](C(=O)N[C@@H](Cc1cnc[nH]1)C(=O)N[C@@H](CC(C)C)C(=O)NCC(=O)N[C@@H](Cc1ccc(O)cc1)C(=O)N[C@@H](C)C(=O)N[C@H](C(=O)O)[C@@H](C)O)C(C)C)C[C@@H]3O[C@H]1C[C@H](N)[C@H](O)[C@H](C)O1. The number of aliphatic hydroxyl groups excluding tert-OH is 2. The van der Waals surface area contributed by atoms with Gasteiger partial charge in [-0.25, -0.2) is 9.78 Å². The summed E-state index contributed by atoms with van der Waals surface area (Å²) in [7, 11) is 1.28. The number of methoxy groups -OCH3 is 1. The monoisotopic (exact) mass is 1930 g/mol. The van der Waals surface area contributed by atoms with Crippen molar-refractivity contribution < 1.29 is 127 Å². The van der Waals surface area contributed by atoms with Crippen molar-refractivity contribution in [1.82, 2.24) is 79.1 Å². The minimum absolute atomic E-state index is 0.00163. The number of aromatic amines is 1. The number of aromatic hydroxyl groups is 4. The lowest BCUT2D eigenvalue weighted by molar-refractivity contribution is -0.245. The minimum atomic E-state index is -2.21. The van der Waals surface area contributed by atoms with E-state index in [0.717, 1.165) is 6.92 Å². The van der Waals surface area contributed by atoms with Crippen LogP contribution in [0.25, 0.3) is 0 Å². The quantitative estimate of drug-likeness (QED) is 0.00613. The number of carboxylic acid groups (broad SMARTS) is 1. The summed E-state index contributed by atoms with van der Waals surface area (Å²) in [6, 6.07) is -1.00. The summed E-state index contributed by atoms with van der Waals surface area (Å²) in [4.78, 5) is 211. The number of aliphatic carboxylic acids is 1. The molecule has 8 rings (SSSR count). The fourth-order valence-electron chi connectivity index (χ4n) is 15.9. The zero-order valence-electron chi connectivity index (χ0n) is 78.3. The molecule has 1 aromatic heterocycles. The molecule has 0 saturated carbocycles. The highest BCUT2D eigenvalue weighted by Gasteiger charge is 2.50. The Labute approximate surface area is 794 Å². The molecule has 2 aliphatic carbocycles. The van der Waals surface area contributed by atoms with Crippen LogP contribution in [0.3, 0.4) is 0 Å². The van der Waals surface area contributed by atoms with Gasteiger partial charge in [0.25, 0.3) is 5.91 Å². The molecule has 47 heteroatoms. The van der Waals surface area contributed by atoms with Gasteiger partial charge in [0.05, 0.1) is 66.8 Å². The number of hydrogen-bond acceptors (Lipinski definition) is 30. The lowest BCUT2D eigenvalue weighted by atomic mass is 9.72.